The van der Waals surface area contributed by atoms with E-state index in [0.717, 1.165) is 18.5 Å². The Kier molecular flexibility index (Phi) is 5.51. The van der Waals surface area contributed by atoms with Crippen molar-refractivity contribution in [2.24, 2.45) is 0 Å². The van der Waals surface area contributed by atoms with Gasteiger partial charge in [0, 0.05) is 25.2 Å². The number of benzene rings is 1. The predicted molar refractivity (Wildman–Crippen MR) is 90.2 cm³/mol. The molecule has 3 rings (SSSR count). The zero-order chi connectivity index (χ0) is 16.1. The van der Waals surface area contributed by atoms with Gasteiger partial charge in [-0.1, -0.05) is 36.8 Å². The van der Waals surface area contributed by atoms with Gasteiger partial charge in [-0.25, -0.2) is 4.79 Å². The van der Waals surface area contributed by atoms with Gasteiger partial charge >= 0.3 is 6.03 Å². The third kappa shape index (κ3) is 4.24. The van der Waals surface area contributed by atoms with Gasteiger partial charge in [-0.3, -0.25) is 4.90 Å². The first-order valence-electron chi connectivity index (χ1n) is 8.75. The molecule has 3 unspecified atom stereocenters. The molecule has 126 valence electrons. The molecule has 1 aromatic carbocycles. The minimum absolute atomic E-state index is 0.109. The fraction of sp³-hybridized carbons (Fsp3) is 0.611. The van der Waals surface area contributed by atoms with Gasteiger partial charge in [-0.15, -0.1) is 0 Å². The summed E-state index contributed by atoms with van der Waals surface area (Å²) in [4.78, 5) is 14.6. The summed E-state index contributed by atoms with van der Waals surface area (Å²) in [5.74, 6) is 0. The van der Waals surface area contributed by atoms with Crippen LogP contribution in [0.4, 0.5) is 4.79 Å². The van der Waals surface area contributed by atoms with Crippen molar-refractivity contribution in [2.45, 2.75) is 50.3 Å². The molecule has 2 fully saturated rings. The van der Waals surface area contributed by atoms with Crippen molar-refractivity contribution in [3.63, 3.8) is 0 Å². The van der Waals surface area contributed by atoms with E-state index in [1.807, 2.05) is 30.3 Å². The fourth-order valence-corrected chi connectivity index (χ4v) is 3.80. The van der Waals surface area contributed by atoms with Crippen LogP contribution in [-0.2, 0) is 0 Å². The number of aliphatic hydroxyl groups excluding tert-OH is 1. The Bertz CT molecular complexity index is 508. The molecule has 23 heavy (non-hydrogen) atoms. The van der Waals surface area contributed by atoms with Crippen LogP contribution < -0.4 is 10.6 Å². The number of carbonyl (C=O) groups is 1. The van der Waals surface area contributed by atoms with E-state index >= 15 is 0 Å². The number of fused-ring (bicyclic) bond motifs is 1. The van der Waals surface area contributed by atoms with Gasteiger partial charge in [0.15, 0.2) is 0 Å². The second-order valence-electron chi connectivity index (χ2n) is 6.61. The zero-order valence-electron chi connectivity index (χ0n) is 13.6. The highest BCUT2D eigenvalue weighted by molar-refractivity contribution is 5.74. The van der Waals surface area contributed by atoms with Gasteiger partial charge < -0.3 is 15.7 Å². The lowest BCUT2D eigenvalue weighted by Gasteiger charge is -2.32. The first kappa shape index (κ1) is 16.3. The van der Waals surface area contributed by atoms with E-state index in [0.29, 0.717) is 19.0 Å². The molecule has 5 heteroatoms. The van der Waals surface area contributed by atoms with Crippen molar-refractivity contribution in [1.29, 1.82) is 0 Å². The van der Waals surface area contributed by atoms with Crippen LogP contribution in [0.3, 0.4) is 0 Å². The van der Waals surface area contributed by atoms with E-state index in [-0.39, 0.29) is 12.1 Å². The molecule has 0 aromatic heterocycles. The first-order valence-corrected chi connectivity index (χ1v) is 8.75. The van der Waals surface area contributed by atoms with E-state index < -0.39 is 6.10 Å². The van der Waals surface area contributed by atoms with Gasteiger partial charge in [-0.05, 0) is 37.8 Å². The number of carbonyl (C=O) groups excluding carboxylic acids is 1. The van der Waals surface area contributed by atoms with Crippen LogP contribution >= 0.6 is 0 Å². The molecule has 0 radical (unpaired) electrons. The number of urea groups is 1. The Hall–Kier alpha value is -1.59. The van der Waals surface area contributed by atoms with Crippen LogP contribution in [-0.4, -0.2) is 47.8 Å². The standard InChI is InChI=1S/C18H27N3O2/c22-17(14-6-2-1-3-7-14)9-11-19-18(23)20-15-10-13-21-12-5-4-8-16(15)21/h1-3,6-7,15-17,22H,4-5,8-13H2,(H2,19,20,23). The molecule has 0 aliphatic carbocycles. The van der Waals surface area contributed by atoms with Crippen LogP contribution in [0.25, 0.3) is 0 Å². The number of aliphatic hydroxyl groups is 1. The lowest BCUT2D eigenvalue weighted by Crippen LogP contribution is -2.49. The summed E-state index contributed by atoms with van der Waals surface area (Å²) in [5.41, 5.74) is 0.892. The Morgan fingerprint density at radius 2 is 2.04 bits per heavy atom. The normalized spacial score (nSPS) is 25.6. The van der Waals surface area contributed by atoms with E-state index in [1.54, 1.807) is 0 Å². The predicted octanol–water partition coefficient (Wildman–Crippen LogP) is 2.04. The highest BCUT2D eigenvalue weighted by atomic mass is 16.3. The maximum absolute atomic E-state index is 12.1. The topological polar surface area (TPSA) is 64.6 Å². The molecule has 2 aliphatic heterocycles. The van der Waals surface area contributed by atoms with Crippen LogP contribution in [0.5, 0.6) is 0 Å². The molecule has 2 aliphatic rings. The lowest BCUT2D eigenvalue weighted by molar-refractivity contribution is 0.165. The quantitative estimate of drug-likeness (QED) is 0.778. The molecule has 2 amide bonds. The molecule has 3 N–H and O–H groups in total. The van der Waals surface area contributed by atoms with E-state index in [1.165, 1.54) is 25.8 Å². The second kappa shape index (κ2) is 7.79. The van der Waals surface area contributed by atoms with Crippen molar-refractivity contribution in [1.82, 2.24) is 15.5 Å². The van der Waals surface area contributed by atoms with Gasteiger partial charge in [-0.2, -0.15) is 0 Å². The third-order valence-electron chi connectivity index (χ3n) is 5.06. The summed E-state index contributed by atoms with van der Waals surface area (Å²) >= 11 is 0. The summed E-state index contributed by atoms with van der Waals surface area (Å²) in [6, 6.07) is 10.2. The SMILES string of the molecule is O=C(NCCC(O)c1ccccc1)NC1CCN2CCCCC12. The Labute approximate surface area is 138 Å². The smallest absolute Gasteiger partial charge is 0.315 e. The van der Waals surface area contributed by atoms with Gasteiger partial charge in [0.1, 0.15) is 0 Å². The summed E-state index contributed by atoms with van der Waals surface area (Å²) in [6.45, 7) is 2.75. The van der Waals surface area contributed by atoms with Crippen LogP contribution in [0.1, 0.15) is 43.8 Å². The number of rotatable bonds is 5. The third-order valence-corrected chi connectivity index (χ3v) is 5.06. The number of hydrogen-bond acceptors (Lipinski definition) is 3. The monoisotopic (exact) mass is 317 g/mol. The highest BCUT2D eigenvalue weighted by Gasteiger charge is 2.36. The lowest BCUT2D eigenvalue weighted by atomic mass is 9.99. The Morgan fingerprint density at radius 1 is 1.22 bits per heavy atom. The Morgan fingerprint density at radius 3 is 2.87 bits per heavy atom. The minimum Gasteiger partial charge on any atom is -0.388 e. The summed E-state index contributed by atoms with van der Waals surface area (Å²) < 4.78 is 0. The average molecular weight is 317 g/mol. The van der Waals surface area contributed by atoms with E-state index in [9.17, 15) is 9.90 Å². The average Bonchev–Trinajstić information content (AvgIpc) is 2.99. The number of piperidine rings is 1. The molecule has 3 atom stereocenters. The zero-order valence-corrected chi connectivity index (χ0v) is 13.6. The van der Waals surface area contributed by atoms with Gasteiger partial charge in [0.2, 0.25) is 0 Å². The fourth-order valence-electron chi connectivity index (χ4n) is 3.80. The van der Waals surface area contributed by atoms with Crippen molar-refractivity contribution < 1.29 is 9.90 Å². The van der Waals surface area contributed by atoms with Gasteiger partial charge in [0.05, 0.1) is 6.10 Å². The number of amides is 2. The van der Waals surface area contributed by atoms with E-state index in [2.05, 4.69) is 15.5 Å². The van der Waals surface area contributed by atoms with Crippen molar-refractivity contribution in [3.8, 4) is 0 Å². The summed E-state index contributed by atoms with van der Waals surface area (Å²) in [5, 5.41) is 16.1. The maximum Gasteiger partial charge on any atom is 0.315 e. The van der Waals surface area contributed by atoms with Crippen molar-refractivity contribution >= 4 is 6.03 Å². The largest absolute Gasteiger partial charge is 0.388 e. The van der Waals surface area contributed by atoms with Gasteiger partial charge in [0.25, 0.3) is 0 Å². The Balaban J connectivity index is 1.38. The minimum atomic E-state index is -0.531. The summed E-state index contributed by atoms with van der Waals surface area (Å²) in [6.07, 6.45) is 4.79. The maximum atomic E-state index is 12.1. The molecule has 0 saturated carbocycles. The molecule has 1 aromatic rings. The molecule has 5 nitrogen and oxygen atoms in total. The molecular weight excluding hydrogens is 290 g/mol. The van der Waals surface area contributed by atoms with Crippen molar-refractivity contribution in [3.05, 3.63) is 35.9 Å². The molecule has 2 heterocycles. The number of nitrogens with one attached hydrogen (secondary N) is 2. The number of nitrogens with zero attached hydrogens (tertiary/aromatic N) is 1. The second-order valence-corrected chi connectivity index (χ2v) is 6.61. The highest BCUT2D eigenvalue weighted by Crippen LogP contribution is 2.27. The molecule has 2 saturated heterocycles. The van der Waals surface area contributed by atoms with E-state index in [4.69, 9.17) is 0 Å². The van der Waals surface area contributed by atoms with Crippen LogP contribution in [0.2, 0.25) is 0 Å². The van der Waals surface area contributed by atoms with Crippen LogP contribution in [0, 0.1) is 0 Å². The molecule has 0 bridgehead atoms. The summed E-state index contributed by atoms with van der Waals surface area (Å²) in [7, 11) is 0. The van der Waals surface area contributed by atoms with Crippen LogP contribution in [0.15, 0.2) is 30.3 Å². The van der Waals surface area contributed by atoms with Crippen molar-refractivity contribution in [2.75, 3.05) is 19.6 Å². The number of hydrogen-bond donors (Lipinski definition) is 3. The molecule has 0 spiro atoms. The molecular formula is C18H27N3O2. The first-order chi connectivity index (χ1) is 11.2.